The van der Waals surface area contributed by atoms with E-state index in [2.05, 4.69) is 26.3 Å². The zero-order chi connectivity index (χ0) is 13.5. The molecule has 0 spiro atoms. The van der Waals surface area contributed by atoms with Crippen molar-refractivity contribution in [1.82, 2.24) is 9.97 Å². The number of benzene rings is 1. The average molecular weight is 282 g/mol. The van der Waals surface area contributed by atoms with Crippen molar-refractivity contribution < 1.29 is 0 Å². The van der Waals surface area contributed by atoms with Crippen molar-refractivity contribution in [2.24, 2.45) is 0 Å². The molecule has 2 N–H and O–H groups in total. The summed E-state index contributed by atoms with van der Waals surface area (Å²) in [7, 11) is 0. The van der Waals surface area contributed by atoms with Crippen molar-refractivity contribution in [1.29, 1.82) is 0 Å². The molecule has 20 heavy (non-hydrogen) atoms. The summed E-state index contributed by atoms with van der Waals surface area (Å²) in [6, 6.07) is 8.01. The van der Waals surface area contributed by atoms with Gasteiger partial charge in [-0.15, -0.1) is 11.3 Å². The molecule has 100 valence electrons. The summed E-state index contributed by atoms with van der Waals surface area (Å²) in [5, 5.41) is 3.20. The number of hydrogen-bond acceptors (Lipinski definition) is 5. The largest absolute Gasteiger partial charge is 0.399 e. The van der Waals surface area contributed by atoms with Gasteiger partial charge in [-0.1, -0.05) is 0 Å². The van der Waals surface area contributed by atoms with Gasteiger partial charge >= 0.3 is 0 Å². The molecule has 1 aliphatic rings. The summed E-state index contributed by atoms with van der Waals surface area (Å²) < 4.78 is 0. The first-order valence-corrected chi connectivity index (χ1v) is 7.49. The Morgan fingerprint density at radius 1 is 1.20 bits per heavy atom. The highest BCUT2D eigenvalue weighted by molar-refractivity contribution is 7.10. The minimum atomic E-state index is 0.752. The summed E-state index contributed by atoms with van der Waals surface area (Å²) in [5.41, 5.74) is 9.02. The highest BCUT2D eigenvalue weighted by Gasteiger charge is 2.20. The molecule has 0 saturated heterocycles. The number of nitrogen functional groups attached to an aromatic ring is 1. The molecular formula is C15H14N4S. The van der Waals surface area contributed by atoms with Crippen LogP contribution in [0, 0.1) is 0 Å². The molecule has 0 radical (unpaired) electrons. The van der Waals surface area contributed by atoms with Crippen molar-refractivity contribution in [3.05, 3.63) is 46.4 Å². The maximum absolute atomic E-state index is 5.91. The minimum absolute atomic E-state index is 0.752. The van der Waals surface area contributed by atoms with Crippen LogP contribution < -0.4 is 10.6 Å². The Hall–Kier alpha value is -2.14. The number of anilines is 2. The topological polar surface area (TPSA) is 55.0 Å². The van der Waals surface area contributed by atoms with E-state index in [-0.39, 0.29) is 0 Å². The molecule has 3 heterocycles. The third kappa shape index (κ3) is 1.82. The van der Waals surface area contributed by atoms with Gasteiger partial charge in [-0.2, -0.15) is 0 Å². The van der Waals surface area contributed by atoms with Gasteiger partial charge in [-0.3, -0.25) is 0 Å². The fourth-order valence-corrected chi connectivity index (χ4v) is 3.63. The van der Waals surface area contributed by atoms with Crippen LogP contribution in [0.15, 0.2) is 36.0 Å². The fourth-order valence-electron chi connectivity index (χ4n) is 2.74. The van der Waals surface area contributed by atoms with E-state index >= 15 is 0 Å². The number of hydrogen-bond donors (Lipinski definition) is 1. The van der Waals surface area contributed by atoms with E-state index < -0.39 is 0 Å². The molecule has 2 aromatic heterocycles. The van der Waals surface area contributed by atoms with Gasteiger partial charge in [0.05, 0.1) is 5.52 Å². The SMILES string of the molecule is Nc1ccc2ncnc(N3CCc4sccc4C3)c2c1. The van der Waals surface area contributed by atoms with Crippen LogP contribution in [0.1, 0.15) is 10.4 Å². The maximum Gasteiger partial charge on any atom is 0.140 e. The van der Waals surface area contributed by atoms with Crippen molar-refractivity contribution in [3.63, 3.8) is 0 Å². The van der Waals surface area contributed by atoms with Gasteiger partial charge < -0.3 is 10.6 Å². The second-order valence-corrected chi connectivity index (χ2v) is 6.02. The standard InChI is InChI=1S/C15H14N4S/c16-11-1-2-13-12(7-11)15(18-9-17-13)19-5-3-14-10(8-19)4-6-20-14/h1-2,4,6-7,9H,3,5,8,16H2. The Labute approximate surface area is 120 Å². The molecule has 5 heteroatoms. The molecule has 1 aromatic carbocycles. The van der Waals surface area contributed by atoms with Crippen molar-refractivity contribution in [2.45, 2.75) is 13.0 Å². The van der Waals surface area contributed by atoms with Gasteiger partial charge in [-0.25, -0.2) is 9.97 Å². The molecule has 3 aromatic rings. The lowest BCUT2D eigenvalue weighted by Gasteiger charge is -2.28. The van der Waals surface area contributed by atoms with Crippen molar-refractivity contribution in [2.75, 3.05) is 17.2 Å². The van der Waals surface area contributed by atoms with E-state index in [0.29, 0.717) is 0 Å². The fraction of sp³-hybridized carbons (Fsp3) is 0.200. The molecule has 0 bridgehead atoms. The third-order valence-corrected chi connectivity index (χ3v) is 4.77. The zero-order valence-corrected chi connectivity index (χ0v) is 11.7. The Balaban J connectivity index is 1.81. The Bertz CT molecular complexity index is 780. The predicted octanol–water partition coefficient (Wildman–Crippen LogP) is 2.84. The number of rotatable bonds is 1. The predicted molar refractivity (Wildman–Crippen MR) is 83.0 cm³/mol. The Morgan fingerprint density at radius 2 is 2.15 bits per heavy atom. The van der Waals surface area contributed by atoms with Gasteiger partial charge in [-0.05, 0) is 41.6 Å². The molecule has 0 aliphatic carbocycles. The van der Waals surface area contributed by atoms with Crippen LogP contribution in [-0.4, -0.2) is 16.5 Å². The number of nitrogens with two attached hydrogens (primary N) is 1. The van der Waals surface area contributed by atoms with E-state index in [1.165, 1.54) is 10.4 Å². The van der Waals surface area contributed by atoms with Gasteiger partial charge in [0.2, 0.25) is 0 Å². The van der Waals surface area contributed by atoms with Gasteiger partial charge in [0.25, 0.3) is 0 Å². The molecule has 4 nitrogen and oxygen atoms in total. The highest BCUT2D eigenvalue weighted by Crippen LogP contribution is 2.30. The van der Waals surface area contributed by atoms with E-state index in [1.54, 1.807) is 6.33 Å². The molecule has 4 rings (SSSR count). The summed E-state index contributed by atoms with van der Waals surface area (Å²) in [4.78, 5) is 12.6. The summed E-state index contributed by atoms with van der Waals surface area (Å²) in [6.45, 7) is 1.91. The van der Waals surface area contributed by atoms with Crippen LogP contribution in [0.5, 0.6) is 0 Å². The van der Waals surface area contributed by atoms with Crippen LogP contribution in [0.4, 0.5) is 11.5 Å². The molecule has 0 fully saturated rings. The van der Waals surface area contributed by atoms with Crippen LogP contribution in [-0.2, 0) is 13.0 Å². The van der Waals surface area contributed by atoms with Gasteiger partial charge in [0.15, 0.2) is 0 Å². The first kappa shape index (κ1) is 11.7. The monoisotopic (exact) mass is 282 g/mol. The number of thiophene rings is 1. The summed E-state index contributed by atoms with van der Waals surface area (Å²) >= 11 is 1.85. The number of fused-ring (bicyclic) bond motifs is 2. The van der Waals surface area contributed by atoms with Gasteiger partial charge in [0, 0.05) is 29.0 Å². The average Bonchev–Trinajstić information content (AvgIpc) is 2.94. The van der Waals surface area contributed by atoms with E-state index in [1.807, 2.05) is 29.5 Å². The number of nitrogens with zero attached hydrogens (tertiary/aromatic N) is 3. The number of aromatic nitrogens is 2. The molecule has 0 atom stereocenters. The van der Waals surface area contributed by atoms with Crippen LogP contribution in [0.25, 0.3) is 10.9 Å². The second-order valence-electron chi connectivity index (χ2n) is 5.01. The molecule has 0 saturated carbocycles. The van der Waals surface area contributed by atoms with Gasteiger partial charge in [0.1, 0.15) is 12.1 Å². The highest BCUT2D eigenvalue weighted by atomic mass is 32.1. The molecule has 0 unspecified atom stereocenters. The van der Waals surface area contributed by atoms with E-state index in [9.17, 15) is 0 Å². The van der Waals surface area contributed by atoms with Crippen molar-refractivity contribution >= 4 is 33.7 Å². The molecular weight excluding hydrogens is 268 g/mol. The summed E-state index contributed by atoms with van der Waals surface area (Å²) in [6.07, 6.45) is 2.72. The second kappa shape index (κ2) is 4.45. The van der Waals surface area contributed by atoms with Crippen LogP contribution >= 0.6 is 11.3 Å². The Morgan fingerprint density at radius 3 is 3.10 bits per heavy atom. The smallest absolute Gasteiger partial charge is 0.140 e. The molecule has 1 aliphatic heterocycles. The normalized spacial score (nSPS) is 14.5. The Kier molecular flexibility index (Phi) is 2.60. The summed E-state index contributed by atoms with van der Waals surface area (Å²) in [5.74, 6) is 0.985. The van der Waals surface area contributed by atoms with E-state index in [4.69, 9.17) is 5.73 Å². The van der Waals surface area contributed by atoms with Crippen molar-refractivity contribution in [3.8, 4) is 0 Å². The first-order chi connectivity index (χ1) is 9.81. The van der Waals surface area contributed by atoms with E-state index in [0.717, 1.165) is 41.9 Å². The molecule has 0 amide bonds. The quantitative estimate of drug-likeness (QED) is 0.697. The lowest BCUT2D eigenvalue weighted by molar-refractivity contribution is 0.734. The maximum atomic E-state index is 5.91. The van der Waals surface area contributed by atoms with Crippen LogP contribution in [0.3, 0.4) is 0 Å². The minimum Gasteiger partial charge on any atom is -0.399 e. The third-order valence-electron chi connectivity index (χ3n) is 3.75. The first-order valence-electron chi connectivity index (χ1n) is 6.62. The lowest BCUT2D eigenvalue weighted by Crippen LogP contribution is -2.30. The van der Waals surface area contributed by atoms with Crippen LogP contribution in [0.2, 0.25) is 0 Å². The lowest BCUT2D eigenvalue weighted by atomic mass is 10.1. The zero-order valence-electron chi connectivity index (χ0n) is 10.9.